The van der Waals surface area contributed by atoms with Gasteiger partial charge in [0, 0.05) is 30.0 Å². The predicted molar refractivity (Wildman–Crippen MR) is 88.7 cm³/mol. The molecule has 22 heavy (non-hydrogen) atoms. The number of aromatic nitrogens is 1. The molecule has 0 aliphatic carbocycles. The van der Waals surface area contributed by atoms with Crippen molar-refractivity contribution in [2.24, 2.45) is 0 Å². The van der Waals surface area contributed by atoms with Crippen LogP contribution >= 0.6 is 11.6 Å². The highest BCUT2D eigenvalue weighted by atomic mass is 35.5. The van der Waals surface area contributed by atoms with Crippen molar-refractivity contribution in [3.05, 3.63) is 58.4 Å². The summed E-state index contributed by atoms with van der Waals surface area (Å²) in [5, 5.41) is 3.72. The Hall–Kier alpha value is -1.43. The van der Waals surface area contributed by atoms with Crippen LogP contribution in [0.25, 0.3) is 0 Å². The first-order valence-electron chi connectivity index (χ1n) is 7.06. The Morgan fingerprint density at radius 3 is 2.68 bits per heavy atom. The van der Waals surface area contributed by atoms with Crippen molar-refractivity contribution in [2.75, 3.05) is 5.75 Å². The van der Waals surface area contributed by atoms with Crippen molar-refractivity contribution in [3.63, 3.8) is 0 Å². The third-order valence-corrected chi connectivity index (χ3v) is 5.36. The second-order valence-electron chi connectivity index (χ2n) is 5.05. The summed E-state index contributed by atoms with van der Waals surface area (Å²) in [6, 6.07) is 8.86. The van der Waals surface area contributed by atoms with Gasteiger partial charge in [0.25, 0.3) is 0 Å². The van der Waals surface area contributed by atoms with Crippen molar-refractivity contribution in [3.8, 4) is 0 Å². The van der Waals surface area contributed by atoms with Crippen LogP contribution in [0.3, 0.4) is 0 Å². The standard InChI is InChI=1S/C16H19ClN2O2S/c1-3-22(20,21)16-8-13(7-15(17)9-16)10-18-11-14-5-4-6-19-12(14)2/h4-9,18H,3,10-11H2,1-2H3. The molecule has 0 aliphatic heterocycles. The first kappa shape index (κ1) is 16.9. The molecule has 0 spiro atoms. The molecule has 0 atom stereocenters. The number of hydrogen-bond acceptors (Lipinski definition) is 4. The molecule has 1 heterocycles. The van der Waals surface area contributed by atoms with E-state index in [-0.39, 0.29) is 10.6 Å². The average molecular weight is 339 g/mol. The minimum Gasteiger partial charge on any atom is -0.309 e. The lowest BCUT2D eigenvalue weighted by Gasteiger charge is -2.09. The summed E-state index contributed by atoms with van der Waals surface area (Å²) in [4.78, 5) is 4.51. The summed E-state index contributed by atoms with van der Waals surface area (Å²) >= 11 is 6.03. The van der Waals surface area contributed by atoms with Gasteiger partial charge in [-0.15, -0.1) is 0 Å². The third kappa shape index (κ3) is 4.29. The van der Waals surface area contributed by atoms with Gasteiger partial charge in [-0.1, -0.05) is 24.6 Å². The molecule has 0 bridgehead atoms. The summed E-state index contributed by atoms with van der Waals surface area (Å²) in [7, 11) is -3.25. The Kier molecular flexibility index (Phi) is 5.56. The maximum atomic E-state index is 12.0. The first-order valence-corrected chi connectivity index (χ1v) is 9.09. The maximum Gasteiger partial charge on any atom is 0.178 e. The second-order valence-corrected chi connectivity index (χ2v) is 7.76. The number of hydrogen-bond donors (Lipinski definition) is 1. The Morgan fingerprint density at radius 2 is 2.00 bits per heavy atom. The van der Waals surface area contributed by atoms with Crippen LogP contribution < -0.4 is 5.32 Å². The Bertz CT molecular complexity index is 760. The summed E-state index contributed by atoms with van der Waals surface area (Å²) in [5.41, 5.74) is 2.95. The van der Waals surface area contributed by atoms with E-state index in [1.165, 1.54) is 6.07 Å². The number of benzene rings is 1. The van der Waals surface area contributed by atoms with Crippen molar-refractivity contribution in [1.82, 2.24) is 10.3 Å². The largest absolute Gasteiger partial charge is 0.309 e. The van der Waals surface area contributed by atoms with Gasteiger partial charge in [0.05, 0.1) is 10.6 Å². The molecule has 2 aromatic rings. The molecule has 0 saturated heterocycles. The van der Waals surface area contributed by atoms with Gasteiger partial charge in [-0.3, -0.25) is 4.98 Å². The van der Waals surface area contributed by atoms with E-state index in [0.717, 1.165) is 16.8 Å². The monoisotopic (exact) mass is 338 g/mol. The van der Waals surface area contributed by atoms with Crippen LogP contribution in [0.4, 0.5) is 0 Å². The van der Waals surface area contributed by atoms with Gasteiger partial charge < -0.3 is 5.32 Å². The van der Waals surface area contributed by atoms with Crippen LogP contribution in [-0.2, 0) is 22.9 Å². The molecule has 0 amide bonds. The van der Waals surface area contributed by atoms with E-state index in [1.54, 1.807) is 25.3 Å². The minimum absolute atomic E-state index is 0.0646. The predicted octanol–water partition coefficient (Wildman–Crippen LogP) is 3.13. The van der Waals surface area contributed by atoms with E-state index < -0.39 is 9.84 Å². The van der Waals surface area contributed by atoms with Crippen LogP contribution in [0.15, 0.2) is 41.4 Å². The lowest BCUT2D eigenvalue weighted by Crippen LogP contribution is -2.14. The highest BCUT2D eigenvalue weighted by Gasteiger charge is 2.13. The van der Waals surface area contributed by atoms with E-state index in [2.05, 4.69) is 10.3 Å². The molecule has 4 nitrogen and oxygen atoms in total. The molecule has 0 saturated carbocycles. The molecule has 2 rings (SSSR count). The van der Waals surface area contributed by atoms with Gasteiger partial charge in [0.2, 0.25) is 0 Å². The fourth-order valence-electron chi connectivity index (χ4n) is 2.11. The topological polar surface area (TPSA) is 59.1 Å². The van der Waals surface area contributed by atoms with E-state index in [9.17, 15) is 8.42 Å². The van der Waals surface area contributed by atoms with Crippen molar-refractivity contribution in [1.29, 1.82) is 0 Å². The van der Waals surface area contributed by atoms with Gasteiger partial charge in [-0.25, -0.2) is 8.42 Å². The molecule has 6 heteroatoms. The van der Waals surface area contributed by atoms with Crippen molar-refractivity contribution in [2.45, 2.75) is 31.8 Å². The summed E-state index contributed by atoms with van der Waals surface area (Å²) in [6.45, 7) is 4.80. The zero-order valence-corrected chi connectivity index (χ0v) is 14.2. The van der Waals surface area contributed by atoms with Crippen LogP contribution in [0.2, 0.25) is 5.02 Å². The minimum atomic E-state index is -3.25. The van der Waals surface area contributed by atoms with E-state index in [1.807, 2.05) is 19.1 Å². The summed E-state index contributed by atoms with van der Waals surface area (Å²) in [6.07, 6.45) is 1.76. The first-order chi connectivity index (χ1) is 10.4. The zero-order chi connectivity index (χ0) is 16.2. The third-order valence-electron chi connectivity index (χ3n) is 3.43. The quantitative estimate of drug-likeness (QED) is 0.879. The second kappa shape index (κ2) is 7.22. The number of aryl methyl sites for hydroxylation is 1. The van der Waals surface area contributed by atoms with E-state index in [0.29, 0.717) is 18.1 Å². The molecule has 0 fully saturated rings. The van der Waals surface area contributed by atoms with Crippen LogP contribution in [0, 0.1) is 6.92 Å². The molecule has 0 aliphatic rings. The highest BCUT2D eigenvalue weighted by molar-refractivity contribution is 7.91. The molecule has 1 aromatic carbocycles. The maximum absolute atomic E-state index is 12.0. The molecule has 1 N–H and O–H groups in total. The van der Waals surface area contributed by atoms with Gasteiger partial charge in [-0.05, 0) is 42.3 Å². The van der Waals surface area contributed by atoms with Gasteiger partial charge >= 0.3 is 0 Å². The lowest BCUT2D eigenvalue weighted by molar-refractivity contribution is 0.597. The fourth-order valence-corrected chi connectivity index (χ4v) is 3.41. The number of pyridine rings is 1. The number of nitrogens with zero attached hydrogens (tertiary/aromatic N) is 1. The van der Waals surface area contributed by atoms with E-state index in [4.69, 9.17) is 11.6 Å². The zero-order valence-electron chi connectivity index (χ0n) is 12.6. The summed E-state index contributed by atoms with van der Waals surface area (Å²) < 4.78 is 23.9. The Morgan fingerprint density at radius 1 is 1.23 bits per heavy atom. The number of sulfone groups is 1. The van der Waals surface area contributed by atoms with E-state index >= 15 is 0 Å². The summed E-state index contributed by atoms with van der Waals surface area (Å²) in [5.74, 6) is 0.0646. The van der Waals surface area contributed by atoms with Gasteiger partial charge in [-0.2, -0.15) is 0 Å². The molecule has 118 valence electrons. The molecule has 0 radical (unpaired) electrons. The van der Waals surface area contributed by atoms with Crippen molar-refractivity contribution >= 4 is 21.4 Å². The van der Waals surface area contributed by atoms with Crippen LogP contribution in [-0.4, -0.2) is 19.2 Å². The normalized spacial score (nSPS) is 11.6. The SMILES string of the molecule is CCS(=O)(=O)c1cc(Cl)cc(CNCc2cccnc2C)c1. The smallest absolute Gasteiger partial charge is 0.178 e. The lowest BCUT2D eigenvalue weighted by atomic mass is 10.2. The number of halogens is 1. The average Bonchev–Trinajstić information content (AvgIpc) is 2.49. The Balaban J connectivity index is 2.09. The molecule has 0 unspecified atom stereocenters. The molecular formula is C16H19ClN2O2S. The number of rotatable bonds is 6. The molecular weight excluding hydrogens is 320 g/mol. The van der Waals surface area contributed by atoms with Gasteiger partial charge in [0.1, 0.15) is 0 Å². The van der Waals surface area contributed by atoms with Crippen LogP contribution in [0.5, 0.6) is 0 Å². The van der Waals surface area contributed by atoms with Crippen molar-refractivity contribution < 1.29 is 8.42 Å². The van der Waals surface area contributed by atoms with Crippen LogP contribution in [0.1, 0.15) is 23.7 Å². The Labute approximate surface area is 136 Å². The fraction of sp³-hybridized carbons (Fsp3) is 0.312. The highest BCUT2D eigenvalue weighted by Crippen LogP contribution is 2.20. The van der Waals surface area contributed by atoms with Gasteiger partial charge in [0.15, 0.2) is 9.84 Å². The molecule has 1 aromatic heterocycles. The number of nitrogens with one attached hydrogen (secondary N) is 1.